The largest absolute Gasteiger partial charge is 0.423 e. The zero-order valence-corrected chi connectivity index (χ0v) is 21.2. The lowest BCUT2D eigenvalue weighted by atomic mass is 9.75. The van der Waals surface area contributed by atoms with Gasteiger partial charge in [-0.25, -0.2) is 4.79 Å². The first kappa shape index (κ1) is 25.0. The molecular weight excluding hydrogens is 428 g/mol. The van der Waals surface area contributed by atoms with Crippen molar-refractivity contribution in [3.63, 3.8) is 0 Å². The van der Waals surface area contributed by atoms with Crippen LogP contribution in [0.1, 0.15) is 91.3 Å². The second-order valence-corrected chi connectivity index (χ2v) is 10.0. The van der Waals surface area contributed by atoms with E-state index in [0.29, 0.717) is 23.1 Å². The van der Waals surface area contributed by atoms with E-state index in [1.807, 2.05) is 43.3 Å². The molecule has 1 aliphatic carbocycles. The Morgan fingerprint density at radius 2 is 1.60 bits per heavy atom. The van der Waals surface area contributed by atoms with Crippen LogP contribution < -0.4 is 4.74 Å². The predicted octanol–water partition coefficient (Wildman–Crippen LogP) is 8.88. The molecule has 0 aromatic heterocycles. The summed E-state index contributed by atoms with van der Waals surface area (Å²) in [5.41, 5.74) is 4.66. The van der Waals surface area contributed by atoms with Gasteiger partial charge in [-0.3, -0.25) is 0 Å². The lowest BCUT2D eigenvalue weighted by Gasteiger charge is -2.30. The number of ether oxygens (including phenoxy) is 1. The Balaban J connectivity index is 1.25. The molecule has 1 fully saturated rings. The molecule has 0 aliphatic heterocycles. The molecule has 1 saturated carbocycles. The molecule has 182 valence electrons. The van der Waals surface area contributed by atoms with Gasteiger partial charge < -0.3 is 4.74 Å². The molecule has 3 aromatic carbocycles. The number of rotatable bonds is 9. The average Bonchev–Trinajstić information content (AvgIpc) is 2.91. The Bertz CT molecular complexity index is 1070. The molecule has 2 heteroatoms. The van der Waals surface area contributed by atoms with Gasteiger partial charge in [-0.2, -0.15) is 0 Å². The lowest BCUT2D eigenvalue weighted by molar-refractivity contribution is 0.0734. The molecule has 0 unspecified atom stereocenters. The highest BCUT2D eigenvalue weighted by Gasteiger charge is 2.24. The van der Waals surface area contributed by atoms with Gasteiger partial charge in [-0.05, 0) is 111 Å². The Kier molecular flexibility index (Phi) is 8.95. The summed E-state index contributed by atoms with van der Waals surface area (Å²) in [5.74, 6) is 2.33. The molecule has 35 heavy (non-hydrogen) atoms. The highest BCUT2D eigenvalue weighted by molar-refractivity contribution is 5.91. The van der Waals surface area contributed by atoms with Crippen LogP contribution in [0.25, 0.3) is 0 Å². The lowest BCUT2D eigenvalue weighted by Crippen LogP contribution is -2.15. The van der Waals surface area contributed by atoms with E-state index in [1.54, 1.807) is 0 Å². The van der Waals surface area contributed by atoms with Crippen molar-refractivity contribution in [3.05, 3.63) is 113 Å². The van der Waals surface area contributed by atoms with E-state index in [0.717, 1.165) is 18.8 Å². The van der Waals surface area contributed by atoms with E-state index in [1.165, 1.54) is 48.8 Å². The molecule has 0 N–H and O–H groups in total. The number of hydrogen-bond donors (Lipinski definition) is 0. The number of allylic oxidation sites excluding steroid dienone is 2. The summed E-state index contributed by atoms with van der Waals surface area (Å²) in [6, 6.07) is 26.8. The van der Waals surface area contributed by atoms with E-state index in [4.69, 9.17) is 4.74 Å². The standard InChI is InChI=1S/C33H38O2/c1-3-4-6-9-26-14-22-32(23-15-26)35-33(34)31-20-18-30(19-21-31)29-16-12-27(13-17-29)24-25(2)28-10-7-5-8-11-28/h3-5,7-8,10-11,14-15,18-23,25,27,29H,6,9,12-13,16-17,24H2,1-2H3/b4-3+/t25-,27?,29?/m1/s1. The molecule has 1 aliphatic rings. The first-order valence-corrected chi connectivity index (χ1v) is 13.2. The Labute approximate surface area is 211 Å². The number of carbonyl (C=O) groups is 1. The summed E-state index contributed by atoms with van der Waals surface area (Å²) >= 11 is 0. The zero-order valence-electron chi connectivity index (χ0n) is 21.2. The van der Waals surface area contributed by atoms with Gasteiger partial charge >= 0.3 is 5.97 Å². The molecule has 0 bridgehead atoms. The van der Waals surface area contributed by atoms with Crippen molar-refractivity contribution in [2.75, 3.05) is 0 Å². The summed E-state index contributed by atoms with van der Waals surface area (Å²) in [7, 11) is 0. The molecular formula is C33H38O2. The van der Waals surface area contributed by atoms with Crippen LogP contribution in [0.4, 0.5) is 0 Å². The summed E-state index contributed by atoms with van der Waals surface area (Å²) in [4.78, 5) is 12.6. The third-order valence-electron chi connectivity index (χ3n) is 7.49. The number of benzene rings is 3. The topological polar surface area (TPSA) is 26.3 Å². The van der Waals surface area contributed by atoms with Gasteiger partial charge in [-0.15, -0.1) is 0 Å². The van der Waals surface area contributed by atoms with Crippen molar-refractivity contribution >= 4 is 5.97 Å². The first-order chi connectivity index (χ1) is 17.1. The van der Waals surface area contributed by atoms with Gasteiger partial charge in [0.2, 0.25) is 0 Å². The van der Waals surface area contributed by atoms with Gasteiger partial charge in [0.25, 0.3) is 0 Å². The highest BCUT2D eigenvalue weighted by Crippen LogP contribution is 2.39. The number of esters is 1. The number of hydrogen-bond acceptors (Lipinski definition) is 2. The maximum Gasteiger partial charge on any atom is 0.343 e. The van der Waals surface area contributed by atoms with Crippen LogP contribution in [-0.2, 0) is 6.42 Å². The Morgan fingerprint density at radius 1 is 0.914 bits per heavy atom. The maximum atomic E-state index is 12.6. The monoisotopic (exact) mass is 466 g/mol. The van der Waals surface area contributed by atoms with Crippen LogP contribution in [0.15, 0.2) is 91.0 Å². The third kappa shape index (κ3) is 7.18. The normalized spacial score (nSPS) is 18.9. The van der Waals surface area contributed by atoms with Gasteiger partial charge in [0, 0.05) is 0 Å². The summed E-state index contributed by atoms with van der Waals surface area (Å²) < 4.78 is 5.60. The highest BCUT2D eigenvalue weighted by atomic mass is 16.5. The van der Waals surface area contributed by atoms with Crippen molar-refractivity contribution in [2.24, 2.45) is 5.92 Å². The van der Waals surface area contributed by atoms with E-state index in [2.05, 4.69) is 61.5 Å². The van der Waals surface area contributed by atoms with Crippen molar-refractivity contribution in [3.8, 4) is 5.75 Å². The summed E-state index contributed by atoms with van der Waals surface area (Å²) in [6.07, 6.45) is 12.6. The molecule has 0 radical (unpaired) electrons. The van der Waals surface area contributed by atoms with Crippen LogP contribution in [0.2, 0.25) is 0 Å². The van der Waals surface area contributed by atoms with Gasteiger partial charge in [0.05, 0.1) is 5.56 Å². The fourth-order valence-corrected chi connectivity index (χ4v) is 5.35. The molecule has 0 amide bonds. The number of carbonyl (C=O) groups excluding carboxylic acids is 1. The number of aryl methyl sites for hydroxylation is 1. The second kappa shape index (κ2) is 12.5. The Hall–Kier alpha value is -3.13. The van der Waals surface area contributed by atoms with E-state index < -0.39 is 0 Å². The van der Waals surface area contributed by atoms with Crippen LogP contribution in [0.5, 0.6) is 5.75 Å². The summed E-state index contributed by atoms with van der Waals surface area (Å²) in [5, 5.41) is 0. The smallest absolute Gasteiger partial charge is 0.343 e. The van der Waals surface area contributed by atoms with Crippen LogP contribution in [0.3, 0.4) is 0 Å². The van der Waals surface area contributed by atoms with Crippen LogP contribution >= 0.6 is 0 Å². The molecule has 4 rings (SSSR count). The average molecular weight is 467 g/mol. The minimum atomic E-state index is -0.295. The second-order valence-electron chi connectivity index (χ2n) is 10.0. The van der Waals surface area contributed by atoms with Gasteiger partial charge in [-0.1, -0.05) is 73.7 Å². The maximum absolute atomic E-state index is 12.6. The fourth-order valence-electron chi connectivity index (χ4n) is 5.35. The van der Waals surface area contributed by atoms with E-state index in [-0.39, 0.29) is 5.97 Å². The van der Waals surface area contributed by atoms with E-state index in [9.17, 15) is 4.79 Å². The van der Waals surface area contributed by atoms with Crippen molar-refractivity contribution in [1.29, 1.82) is 0 Å². The molecule has 1 atom stereocenters. The Morgan fingerprint density at radius 3 is 2.26 bits per heavy atom. The minimum absolute atomic E-state index is 0.295. The zero-order chi connectivity index (χ0) is 24.5. The molecule has 3 aromatic rings. The fraction of sp³-hybridized carbons (Fsp3) is 0.364. The van der Waals surface area contributed by atoms with Crippen molar-refractivity contribution < 1.29 is 9.53 Å². The quantitative estimate of drug-likeness (QED) is 0.179. The van der Waals surface area contributed by atoms with Crippen molar-refractivity contribution in [1.82, 2.24) is 0 Å². The van der Waals surface area contributed by atoms with Crippen LogP contribution in [0, 0.1) is 5.92 Å². The SMILES string of the molecule is C/C=C/CCc1ccc(OC(=O)c2ccc(C3CCC(C[C@@H](C)c4ccccc4)CC3)cc2)cc1. The van der Waals surface area contributed by atoms with E-state index >= 15 is 0 Å². The predicted molar refractivity (Wildman–Crippen MR) is 145 cm³/mol. The van der Waals surface area contributed by atoms with Gasteiger partial charge in [0.1, 0.15) is 5.75 Å². The van der Waals surface area contributed by atoms with Crippen molar-refractivity contribution in [2.45, 2.75) is 70.6 Å². The molecule has 0 heterocycles. The molecule has 2 nitrogen and oxygen atoms in total. The summed E-state index contributed by atoms with van der Waals surface area (Å²) in [6.45, 7) is 4.40. The first-order valence-electron chi connectivity index (χ1n) is 13.2. The van der Waals surface area contributed by atoms with Crippen LogP contribution in [-0.4, -0.2) is 5.97 Å². The third-order valence-corrected chi connectivity index (χ3v) is 7.49. The minimum Gasteiger partial charge on any atom is -0.423 e. The van der Waals surface area contributed by atoms with Gasteiger partial charge in [0.15, 0.2) is 0 Å². The molecule has 0 saturated heterocycles. The molecule has 0 spiro atoms.